The van der Waals surface area contributed by atoms with Crippen LogP contribution in [0.25, 0.3) is 6.08 Å². The van der Waals surface area contributed by atoms with Crippen molar-refractivity contribution in [3.63, 3.8) is 0 Å². The van der Waals surface area contributed by atoms with E-state index in [1.165, 1.54) is 32.1 Å². The van der Waals surface area contributed by atoms with Gasteiger partial charge in [0, 0.05) is 27.9 Å². The van der Waals surface area contributed by atoms with E-state index in [4.69, 9.17) is 9.47 Å². The summed E-state index contributed by atoms with van der Waals surface area (Å²) in [5, 5.41) is 8.27. The highest BCUT2D eigenvalue weighted by molar-refractivity contribution is 8.00. The van der Waals surface area contributed by atoms with E-state index < -0.39 is 11.8 Å². The molecule has 0 spiro atoms. The number of amides is 3. The van der Waals surface area contributed by atoms with Gasteiger partial charge in [0.05, 0.1) is 20.0 Å². The Morgan fingerprint density at radius 3 is 2.29 bits per heavy atom. The molecule has 0 atom stereocenters. The van der Waals surface area contributed by atoms with Gasteiger partial charge in [-0.15, -0.1) is 11.8 Å². The lowest BCUT2D eigenvalue weighted by Gasteiger charge is -2.13. The predicted octanol–water partition coefficient (Wildman–Crippen LogP) is 5.24. The molecule has 0 aliphatic carbocycles. The van der Waals surface area contributed by atoms with Crippen LogP contribution in [0.5, 0.6) is 11.5 Å². The fraction of sp³-hybridized carbons (Fsp3) is 0.0968. The van der Waals surface area contributed by atoms with Gasteiger partial charge in [0.1, 0.15) is 23.0 Å². The maximum absolute atomic E-state index is 13.4. The van der Waals surface area contributed by atoms with Crippen LogP contribution in [0.15, 0.2) is 108 Å². The summed E-state index contributed by atoms with van der Waals surface area (Å²) < 4.78 is 10.8. The molecule has 3 N–H and O–H groups in total. The normalized spacial score (nSPS) is 10.8. The summed E-state index contributed by atoms with van der Waals surface area (Å²) in [6.07, 6.45) is 3.14. The molecule has 0 aliphatic heterocycles. The molecule has 4 rings (SSSR count). The number of pyridine rings is 1. The van der Waals surface area contributed by atoms with Crippen molar-refractivity contribution in [2.24, 2.45) is 0 Å². The number of nitrogens with one attached hydrogen (secondary N) is 3. The maximum Gasteiger partial charge on any atom is 0.272 e. The van der Waals surface area contributed by atoms with Gasteiger partial charge in [0.25, 0.3) is 11.8 Å². The Bertz CT molecular complexity index is 1530. The first kappa shape index (κ1) is 28.9. The fourth-order valence-corrected chi connectivity index (χ4v) is 4.35. The van der Waals surface area contributed by atoms with Crippen molar-refractivity contribution in [1.82, 2.24) is 10.3 Å². The molecule has 0 fully saturated rings. The Labute approximate surface area is 242 Å². The second-order valence-electron chi connectivity index (χ2n) is 8.52. The average Bonchev–Trinajstić information content (AvgIpc) is 3.01. The number of hydrogen-bond acceptors (Lipinski definition) is 7. The van der Waals surface area contributed by atoms with Gasteiger partial charge in [0.15, 0.2) is 0 Å². The highest BCUT2D eigenvalue weighted by atomic mass is 32.2. The Kier molecular flexibility index (Phi) is 10.1. The molecule has 0 radical (unpaired) electrons. The number of methoxy groups -OCH3 is 2. The van der Waals surface area contributed by atoms with E-state index >= 15 is 0 Å². The van der Waals surface area contributed by atoms with Gasteiger partial charge in [-0.05, 0) is 72.8 Å². The van der Waals surface area contributed by atoms with Gasteiger partial charge in [-0.25, -0.2) is 4.98 Å². The molecule has 9 nitrogen and oxygen atoms in total. The average molecular weight is 569 g/mol. The highest BCUT2D eigenvalue weighted by Crippen LogP contribution is 2.26. The van der Waals surface area contributed by atoms with Crippen molar-refractivity contribution in [1.29, 1.82) is 0 Å². The number of thioether (sulfide) groups is 1. The Hall–Kier alpha value is -5.09. The number of rotatable bonds is 11. The molecule has 1 aromatic heterocycles. The topological polar surface area (TPSA) is 119 Å². The zero-order valence-corrected chi connectivity index (χ0v) is 23.2. The highest BCUT2D eigenvalue weighted by Gasteiger charge is 2.17. The van der Waals surface area contributed by atoms with Crippen LogP contribution < -0.4 is 25.4 Å². The lowest BCUT2D eigenvalue weighted by molar-refractivity contribution is -0.114. The number of hydrogen-bond donors (Lipinski definition) is 3. The third-order valence-corrected chi connectivity index (χ3v) is 6.69. The van der Waals surface area contributed by atoms with Crippen molar-refractivity contribution in [2.45, 2.75) is 4.90 Å². The van der Waals surface area contributed by atoms with Crippen molar-refractivity contribution >= 4 is 47.1 Å². The van der Waals surface area contributed by atoms with Crippen molar-refractivity contribution in [3.05, 3.63) is 114 Å². The zero-order chi connectivity index (χ0) is 29.0. The van der Waals surface area contributed by atoms with Crippen LogP contribution in [-0.4, -0.2) is 42.7 Å². The molecule has 4 aromatic rings. The Balaban J connectivity index is 1.48. The third kappa shape index (κ3) is 8.45. The lowest BCUT2D eigenvalue weighted by atomic mass is 10.1. The molecule has 3 aromatic carbocycles. The Morgan fingerprint density at radius 2 is 1.61 bits per heavy atom. The van der Waals surface area contributed by atoms with Crippen molar-refractivity contribution < 1.29 is 23.9 Å². The minimum absolute atomic E-state index is 0.00931. The van der Waals surface area contributed by atoms with E-state index in [1.807, 2.05) is 0 Å². The first-order chi connectivity index (χ1) is 19.9. The molecule has 0 bridgehead atoms. The van der Waals surface area contributed by atoms with Crippen molar-refractivity contribution in [3.8, 4) is 11.5 Å². The fourth-order valence-electron chi connectivity index (χ4n) is 3.65. The van der Waals surface area contributed by atoms with E-state index in [9.17, 15) is 14.4 Å². The molecule has 0 saturated carbocycles. The standard InChI is InChI=1S/C31H28N4O5S/c1-39-24-13-16-27(40-2)22(18-24)19-26(34-30(37)21-8-4-3-5-9-21)31(38)33-23-11-14-25(15-12-23)41-20-29(36)35-28-10-6-7-17-32-28/h3-19H,20H2,1-2H3,(H,33,38)(H,34,37)(H,32,35,36)/b26-19-. The molecule has 208 valence electrons. The number of aromatic nitrogens is 1. The van der Waals surface area contributed by atoms with Crippen LogP contribution in [0.1, 0.15) is 15.9 Å². The molecule has 10 heteroatoms. The molecule has 0 saturated heterocycles. The van der Waals surface area contributed by atoms with Gasteiger partial charge in [-0.2, -0.15) is 0 Å². The summed E-state index contributed by atoms with van der Waals surface area (Å²) in [6.45, 7) is 0. The minimum atomic E-state index is -0.533. The lowest BCUT2D eigenvalue weighted by Crippen LogP contribution is -2.30. The van der Waals surface area contributed by atoms with Gasteiger partial charge < -0.3 is 25.4 Å². The van der Waals surface area contributed by atoms with Gasteiger partial charge >= 0.3 is 0 Å². The summed E-state index contributed by atoms with van der Waals surface area (Å²) in [5.41, 5.74) is 1.46. The zero-order valence-electron chi connectivity index (χ0n) is 22.4. The van der Waals surface area contributed by atoms with Gasteiger partial charge in [-0.1, -0.05) is 24.3 Å². The van der Waals surface area contributed by atoms with E-state index in [0.717, 1.165) is 4.90 Å². The molecular weight excluding hydrogens is 540 g/mol. The van der Waals surface area contributed by atoms with Gasteiger partial charge in [0.2, 0.25) is 5.91 Å². The first-order valence-corrected chi connectivity index (χ1v) is 13.5. The molecule has 41 heavy (non-hydrogen) atoms. The summed E-state index contributed by atoms with van der Waals surface area (Å²) in [6, 6.07) is 26.1. The van der Waals surface area contributed by atoms with Gasteiger partial charge in [-0.3, -0.25) is 14.4 Å². The quantitative estimate of drug-likeness (QED) is 0.167. The third-order valence-electron chi connectivity index (χ3n) is 5.68. The summed E-state index contributed by atoms with van der Waals surface area (Å²) in [7, 11) is 3.05. The van der Waals surface area contributed by atoms with Crippen LogP contribution in [-0.2, 0) is 9.59 Å². The predicted molar refractivity (Wildman–Crippen MR) is 160 cm³/mol. The molecular formula is C31H28N4O5S. The number of carbonyl (C=O) groups is 3. The molecule has 3 amide bonds. The largest absolute Gasteiger partial charge is 0.497 e. The summed E-state index contributed by atoms with van der Waals surface area (Å²) in [5.74, 6) is 0.600. The minimum Gasteiger partial charge on any atom is -0.497 e. The number of nitrogens with zero attached hydrogens (tertiary/aromatic N) is 1. The molecule has 0 unspecified atom stereocenters. The Morgan fingerprint density at radius 1 is 0.854 bits per heavy atom. The number of carbonyl (C=O) groups excluding carboxylic acids is 3. The molecule has 0 aliphatic rings. The van der Waals surface area contributed by atoms with Crippen LogP contribution in [0.2, 0.25) is 0 Å². The van der Waals surface area contributed by atoms with E-state index in [-0.39, 0.29) is 17.4 Å². The number of benzene rings is 3. The molecule has 1 heterocycles. The number of anilines is 2. The smallest absolute Gasteiger partial charge is 0.272 e. The van der Waals surface area contributed by atoms with E-state index in [2.05, 4.69) is 20.9 Å². The summed E-state index contributed by atoms with van der Waals surface area (Å²) in [4.78, 5) is 43.5. The SMILES string of the molecule is COc1ccc(OC)c(/C=C(\NC(=O)c2ccccc2)C(=O)Nc2ccc(SCC(=O)Nc3ccccn3)cc2)c1. The van der Waals surface area contributed by atoms with Crippen LogP contribution >= 0.6 is 11.8 Å². The van der Waals surface area contributed by atoms with Crippen LogP contribution in [0, 0.1) is 0 Å². The van der Waals surface area contributed by atoms with E-state index in [0.29, 0.717) is 34.1 Å². The number of ether oxygens (including phenoxy) is 2. The second kappa shape index (κ2) is 14.3. The van der Waals surface area contributed by atoms with Crippen LogP contribution in [0.4, 0.5) is 11.5 Å². The van der Waals surface area contributed by atoms with E-state index in [1.54, 1.807) is 97.2 Å². The first-order valence-electron chi connectivity index (χ1n) is 12.5. The second-order valence-corrected chi connectivity index (χ2v) is 9.57. The maximum atomic E-state index is 13.4. The van der Waals surface area contributed by atoms with Crippen LogP contribution in [0.3, 0.4) is 0 Å². The van der Waals surface area contributed by atoms with Crippen molar-refractivity contribution in [2.75, 3.05) is 30.6 Å². The summed E-state index contributed by atoms with van der Waals surface area (Å²) >= 11 is 1.35. The monoisotopic (exact) mass is 568 g/mol.